The Morgan fingerprint density at radius 2 is 1.61 bits per heavy atom. The van der Waals surface area contributed by atoms with Gasteiger partial charge < -0.3 is 20.1 Å². The molecule has 1 rings (SSSR count). The average molecular weight is 435 g/mol. The molecule has 7 nitrogen and oxygen atoms in total. The van der Waals surface area contributed by atoms with E-state index in [1.807, 2.05) is 51.1 Å². The topological polar surface area (TPSA) is 93.7 Å². The zero-order chi connectivity index (χ0) is 23.7. The molecule has 0 radical (unpaired) electrons. The quantitative estimate of drug-likeness (QED) is 0.576. The first-order valence-electron chi connectivity index (χ1n) is 10.8. The Balaban J connectivity index is 2.88. The first kappa shape index (κ1) is 26.5. The first-order valence-corrected chi connectivity index (χ1v) is 10.8. The summed E-state index contributed by atoms with van der Waals surface area (Å²) < 4.78 is 10.4. The molecule has 0 spiro atoms. The van der Waals surface area contributed by atoms with Crippen molar-refractivity contribution in [3.63, 3.8) is 0 Å². The minimum Gasteiger partial charge on any atom is -0.466 e. The van der Waals surface area contributed by atoms with Crippen LogP contribution in [0.2, 0.25) is 0 Å². The molecule has 7 heteroatoms. The van der Waals surface area contributed by atoms with Crippen LogP contribution in [0.1, 0.15) is 60.5 Å². The van der Waals surface area contributed by atoms with E-state index in [0.29, 0.717) is 19.6 Å². The minimum absolute atomic E-state index is 0.116. The van der Waals surface area contributed by atoms with Gasteiger partial charge in [-0.1, -0.05) is 51.1 Å². The molecule has 0 aromatic heterocycles. The molecule has 2 atom stereocenters. The number of benzene rings is 1. The van der Waals surface area contributed by atoms with E-state index in [-0.39, 0.29) is 29.6 Å². The number of carbonyl (C=O) groups is 3. The molecular weight excluding hydrogens is 396 g/mol. The Hall–Kier alpha value is -2.57. The van der Waals surface area contributed by atoms with Crippen LogP contribution in [-0.2, 0) is 25.5 Å². The summed E-state index contributed by atoms with van der Waals surface area (Å²) in [7, 11) is 0. The van der Waals surface area contributed by atoms with Crippen LogP contribution in [0.4, 0.5) is 4.79 Å². The van der Waals surface area contributed by atoms with Gasteiger partial charge in [0, 0.05) is 13.0 Å². The molecule has 1 aromatic rings. The highest BCUT2D eigenvalue weighted by Crippen LogP contribution is 2.28. The standard InChI is InChI=1S/C24H38N2O5/c1-8-30-20(27)15-18(23(2,3)4)16-25-21(28)19(14-17-12-10-9-11-13-17)26-22(29)31-24(5,6)7/h9-13,18-19H,8,14-16H2,1-7H3,(H,25,28)(H,26,29). The number of carbonyl (C=O) groups excluding carboxylic acids is 3. The Morgan fingerprint density at radius 3 is 2.13 bits per heavy atom. The lowest BCUT2D eigenvalue weighted by molar-refractivity contribution is -0.145. The summed E-state index contributed by atoms with van der Waals surface area (Å²) in [4.78, 5) is 37.3. The molecule has 0 fully saturated rings. The fraction of sp³-hybridized carbons (Fsp3) is 0.625. The molecule has 0 aliphatic rings. The number of esters is 1. The molecule has 2 amide bonds. The van der Waals surface area contributed by atoms with Crippen molar-refractivity contribution in [2.24, 2.45) is 11.3 Å². The molecule has 0 aliphatic carbocycles. The highest BCUT2D eigenvalue weighted by atomic mass is 16.6. The van der Waals surface area contributed by atoms with E-state index in [9.17, 15) is 14.4 Å². The first-order chi connectivity index (χ1) is 14.3. The summed E-state index contributed by atoms with van der Waals surface area (Å²) in [6.07, 6.45) is -0.118. The summed E-state index contributed by atoms with van der Waals surface area (Å²) in [5, 5.41) is 5.59. The van der Waals surface area contributed by atoms with Crippen molar-refractivity contribution >= 4 is 18.0 Å². The monoisotopic (exact) mass is 434 g/mol. The average Bonchev–Trinajstić information content (AvgIpc) is 2.63. The third-order valence-corrected chi connectivity index (χ3v) is 4.76. The van der Waals surface area contributed by atoms with Gasteiger partial charge in [0.2, 0.25) is 5.91 Å². The van der Waals surface area contributed by atoms with Crippen molar-refractivity contribution in [1.82, 2.24) is 10.6 Å². The maximum absolute atomic E-state index is 13.0. The fourth-order valence-electron chi connectivity index (χ4n) is 2.96. The van der Waals surface area contributed by atoms with Gasteiger partial charge in [-0.2, -0.15) is 0 Å². The number of ether oxygens (including phenoxy) is 2. The minimum atomic E-state index is -0.805. The summed E-state index contributed by atoms with van der Waals surface area (Å²) >= 11 is 0. The van der Waals surface area contributed by atoms with Crippen molar-refractivity contribution in [2.75, 3.05) is 13.2 Å². The van der Waals surface area contributed by atoms with Crippen LogP contribution in [0.15, 0.2) is 30.3 Å². The van der Waals surface area contributed by atoms with Crippen LogP contribution in [0.5, 0.6) is 0 Å². The van der Waals surface area contributed by atoms with Gasteiger partial charge in [-0.15, -0.1) is 0 Å². The molecule has 0 saturated heterocycles. The second kappa shape index (κ2) is 11.7. The number of nitrogens with one attached hydrogen (secondary N) is 2. The second-order valence-corrected chi connectivity index (χ2v) is 9.71. The normalized spacial score (nSPS) is 13.6. The van der Waals surface area contributed by atoms with Gasteiger partial charge in [0.05, 0.1) is 13.0 Å². The van der Waals surface area contributed by atoms with Gasteiger partial charge in [-0.05, 0) is 44.6 Å². The highest BCUT2D eigenvalue weighted by Gasteiger charge is 2.30. The third-order valence-electron chi connectivity index (χ3n) is 4.76. The molecule has 174 valence electrons. The maximum Gasteiger partial charge on any atom is 0.408 e. The molecule has 31 heavy (non-hydrogen) atoms. The van der Waals surface area contributed by atoms with Crippen LogP contribution >= 0.6 is 0 Å². The lowest BCUT2D eigenvalue weighted by Gasteiger charge is -2.31. The van der Waals surface area contributed by atoms with Crippen LogP contribution in [0.25, 0.3) is 0 Å². The Labute approximate surface area is 186 Å². The van der Waals surface area contributed by atoms with E-state index in [2.05, 4.69) is 10.6 Å². The molecule has 0 aliphatic heterocycles. The number of hydrogen-bond acceptors (Lipinski definition) is 5. The van der Waals surface area contributed by atoms with E-state index in [1.165, 1.54) is 0 Å². The fourth-order valence-corrected chi connectivity index (χ4v) is 2.96. The summed E-state index contributed by atoms with van der Waals surface area (Å²) in [6.45, 7) is 13.7. The molecule has 0 heterocycles. The van der Waals surface area contributed by atoms with E-state index in [0.717, 1.165) is 5.56 Å². The smallest absolute Gasteiger partial charge is 0.408 e. The van der Waals surface area contributed by atoms with Crippen LogP contribution in [0.3, 0.4) is 0 Å². The maximum atomic E-state index is 13.0. The van der Waals surface area contributed by atoms with E-state index in [4.69, 9.17) is 9.47 Å². The summed E-state index contributed by atoms with van der Waals surface area (Å²) in [6, 6.07) is 8.65. The third kappa shape index (κ3) is 10.9. The van der Waals surface area contributed by atoms with Crippen LogP contribution in [-0.4, -0.2) is 42.8 Å². The highest BCUT2D eigenvalue weighted by molar-refractivity contribution is 5.86. The van der Waals surface area contributed by atoms with E-state index < -0.39 is 17.7 Å². The van der Waals surface area contributed by atoms with Crippen molar-refractivity contribution < 1.29 is 23.9 Å². The van der Waals surface area contributed by atoms with Gasteiger partial charge in [-0.25, -0.2) is 4.79 Å². The molecule has 1 aromatic carbocycles. The number of hydrogen-bond donors (Lipinski definition) is 2. The number of alkyl carbamates (subject to hydrolysis) is 1. The van der Waals surface area contributed by atoms with Crippen molar-refractivity contribution in [1.29, 1.82) is 0 Å². The Bertz CT molecular complexity index is 720. The summed E-state index contributed by atoms with van der Waals surface area (Å²) in [5.74, 6) is -0.730. The molecule has 0 saturated carbocycles. The summed E-state index contributed by atoms with van der Waals surface area (Å²) in [5.41, 5.74) is 0.0279. The second-order valence-electron chi connectivity index (χ2n) is 9.71. The SMILES string of the molecule is CCOC(=O)CC(CNC(=O)C(Cc1ccccc1)NC(=O)OC(C)(C)C)C(C)(C)C. The predicted octanol–water partition coefficient (Wildman–Crippen LogP) is 3.85. The number of rotatable bonds is 9. The Kier molecular flexibility index (Phi) is 10.0. The lowest BCUT2D eigenvalue weighted by atomic mass is 9.78. The Morgan fingerprint density at radius 1 is 1.00 bits per heavy atom. The van der Waals surface area contributed by atoms with Crippen LogP contribution in [0, 0.1) is 11.3 Å². The predicted molar refractivity (Wildman–Crippen MR) is 121 cm³/mol. The van der Waals surface area contributed by atoms with Gasteiger partial charge in [0.1, 0.15) is 11.6 Å². The lowest BCUT2D eigenvalue weighted by Crippen LogP contribution is -2.50. The zero-order valence-corrected chi connectivity index (χ0v) is 19.9. The molecule has 2 unspecified atom stereocenters. The van der Waals surface area contributed by atoms with E-state index >= 15 is 0 Å². The molecule has 0 bridgehead atoms. The van der Waals surface area contributed by atoms with Gasteiger partial charge in [0.15, 0.2) is 0 Å². The van der Waals surface area contributed by atoms with E-state index in [1.54, 1.807) is 27.7 Å². The van der Waals surface area contributed by atoms with Crippen molar-refractivity contribution in [3.8, 4) is 0 Å². The zero-order valence-electron chi connectivity index (χ0n) is 19.9. The van der Waals surface area contributed by atoms with Gasteiger partial charge >= 0.3 is 12.1 Å². The van der Waals surface area contributed by atoms with Crippen molar-refractivity contribution in [2.45, 2.75) is 73.0 Å². The molecule has 2 N–H and O–H groups in total. The number of amides is 2. The van der Waals surface area contributed by atoms with Gasteiger partial charge in [0.25, 0.3) is 0 Å². The largest absolute Gasteiger partial charge is 0.466 e. The van der Waals surface area contributed by atoms with Gasteiger partial charge in [-0.3, -0.25) is 9.59 Å². The van der Waals surface area contributed by atoms with Crippen LogP contribution < -0.4 is 10.6 Å². The van der Waals surface area contributed by atoms with Crippen molar-refractivity contribution in [3.05, 3.63) is 35.9 Å². The molecular formula is C24H38N2O5.